The normalized spacial score (nSPS) is 14.3. The Morgan fingerprint density at radius 3 is 1.79 bits per heavy atom. The summed E-state index contributed by atoms with van der Waals surface area (Å²) in [5, 5.41) is 7.36. The van der Waals surface area contributed by atoms with Crippen LogP contribution in [0.2, 0.25) is 0 Å². The van der Waals surface area contributed by atoms with E-state index in [1.165, 1.54) is 0 Å². The molecule has 7 aromatic carbocycles. The fraction of sp³-hybridized carbons (Fsp3) is 0.197. The average Bonchev–Trinajstić information content (AvgIpc) is 4.14. The summed E-state index contributed by atoms with van der Waals surface area (Å²) < 4.78 is 101. The molecule has 0 fully saturated rings. The summed E-state index contributed by atoms with van der Waals surface area (Å²) in [5.41, 5.74) is 5.50. The molecule has 0 aliphatic carbocycles. The zero-order valence-electron chi connectivity index (χ0n) is 49.2. The van der Waals surface area contributed by atoms with Crippen molar-refractivity contribution in [1.29, 1.82) is 0 Å². The van der Waals surface area contributed by atoms with E-state index < -0.39 is 60.4 Å². The number of nitrogens with zero attached hydrogens (tertiary/aromatic N) is 5. The molecule has 0 aliphatic heterocycles. The second kappa shape index (κ2) is 16.7. The standard InChI is InChI=1S/C61H57N5O/c1-59(2,3)43-32-33-62-56(37-43)66-54-29-17-16-26-52(54)53-31-30-49(39-55(53)66)67-48-25-18-24-46(38-48)64-40-65(47-35-44(60(4,5)6)34-45(36-47)61(7,8)9)63-58(64)57-50(41-20-12-10-13-21-41)27-19-28-51(57)42-22-14-11-15-23-42/h10-39H,1-9H3/i10D,11D,12D,13D,14D,15D,20D,21D,22D,23D. The number of para-hydroxylation sites is 1. The topological polar surface area (TPSA) is 48.8 Å². The summed E-state index contributed by atoms with van der Waals surface area (Å²) in [7, 11) is 0. The third kappa shape index (κ3) is 8.45. The molecule has 0 spiro atoms. The molecule has 0 radical (unpaired) electrons. The Bertz CT molecular complexity index is 3870. The van der Waals surface area contributed by atoms with Crippen LogP contribution in [-0.4, -0.2) is 19.2 Å². The fourth-order valence-corrected chi connectivity index (χ4v) is 8.43. The van der Waals surface area contributed by atoms with E-state index in [2.05, 4.69) is 97.5 Å². The number of pyridine rings is 1. The van der Waals surface area contributed by atoms with Gasteiger partial charge in [0.25, 0.3) is 6.33 Å². The summed E-state index contributed by atoms with van der Waals surface area (Å²) in [6.07, 6.45) is 5.32. The third-order valence-electron chi connectivity index (χ3n) is 12.1. The van der Waals surface area contributed by atoms with Gasteiger partial charge >= 0.3 is 0 Å². The fourth-order valence-electron chi connectivity index (χ4n) is 8.43. The van der Waals surface area contributed by atoms with E-state index in [1.54, 1.807) is 27.4 Å². The van der Waals surface area contributed by atoms with Gasteiger partial charge in [0.15, 0.2) is 5.82 Å². The molecule has 0 saturated heterocycles. The van der Waals surface area contributed by atoms with Gasteiger partial charge in [-0.25, -0.2) is 4.98 Å². The lowest BCUT2D eigenvalue weighted by molar-refractivity contribution is -0.660. The number of hydrogen-bond donors (Lipinski definition) is 0. The summed E-state index contributed by atoms with van der Waals surface area (Å²) >= 11 is 0. The first-order chi connectivity index (χ1) is 36.2. The van der Waals surface area contributed by atoms with E-state index in [4.69, 9.17) is 23.0 Å². The van der Waals surface area contributed by atoms with Crippen LogP contribution >= 0.6 is 0 Å². The minimum absolute atomic E-state index is 0.108. The van der Waals surface area contributed by atoms with E-state index >= 15 is 0 Å². The molecule has 0 N–H and O–H groups in total. The molecule has 0 saturated carbocycles. The van der Waals surface area contributed by atoms with Gasteiger partial charge in [-0.3, -0.25) is 9.13 Å². The monoisotopic (exact) mass is 886 g/mol. The lowest BCUT2D eigenvalue weighted by atomic mass is 9.80. The molecule has 6 nitrogen and oxygen atoms in total. The van der Waals surface area contributed by atoms with Gasteiger partial charge in [-0.05, 0) is 97.7 Å². The molecule has 6 heteroatoms. The number of fused-ring (bicyclic) bond motifs is 3. The first-order valence-corrected chi connectivity index (χ1v) is 22.4. The summed E-state index contributed by atoms with van der Waals surface area (Å²) in [5.74, 6) is 1.86. The maximum Gasteiger partial charge on any atom is 0.273 e. The minimum Gasteiger partial charge on any atom is -0.458 e. The molecule has 0 atom stereocenters. The number of aromatic nitrogens is 5. The molecule has 0 bridgehead atoms. The van der Waals surface area contributed by atoms with E-state index in [0.717, 1.165) is 44.3 Å². The Labute approximate surface area is 408 Å². The van der Waals surface area contributed by atoms with Crippen LogP contribution in [0.5, 0.6) is 11.5 Å². The molecule has 67 heavy (non-hydrogen) atoms. The van der Waals surface area contributed by atoms with Crippen LogP contribution in [0.1, 0.15) is 92.7 Å². The van der Waals surface area contributed by atoms with Gasteiger partial charge in [-0.1, -0.05) is 189 Å². The highest BCUT2D eigenvalue weighted by Crippen LogP contribution is 2.41. The predicted molar refractivity (Wildman–Crippen MR) is 275 cm³/mol. The minimum atomic E-state index is -0.586. The van der Waals surface area contributed by atoms with Crippen molar-refractivity contribution in [1.82, 2.24) is 19.2 Å². The second-order valence-electron chi connectivity index (χ2n) is 20.0. The van der Waals surface area contributed by atoms with Crippen LogP contribution in [0.15, 0.2) is 182 Å². The van der Waals surface area contributed by atoms with E-state index in [9.17, 15) is 5.48 Å². The van der Waals surface area contributed by atoms with Gasteiger partial charge in [0.1, 0.15) is 17.3 Å². The molecule has 0 unspecified atom stereocenters. The highest BCUT2D eigenvalue weighted by molar-refractivity contribution is 6.09. The van der Waals surface area contributed by atoms with Crippen LogP contribution in [0.3, 0.4) is 0 Å². The first kappa shape index (κ1) is 33.0. The molecular weight excluding hydrogens is 819 g/mol. The Balaban J connectivity index is 1.24. The van der Waals surface area contributed by atoms with E-state index in [-0.39, 0.29) is 49.9 Å². The van der Waals surface area contributed by atoms with Gasteiger partial charge < -0.3 is 4.74 Å². The summed E-state index contributed by atoms with van der Waals surface area (Å²) in [6.45, 7) is 19.3. The Kier molecular flexibility index (Phi) is 8.22. The van der Waals surface area contributed by atoms with E-state index in [0.29, 0.717) is 22.9 Å². The van der Waals surface area contributed by atoms with Gasteiger partial charge in [-0.15, -0.1) is 5.10 Å². The largest absolute Gasteiger partial charge is 0.458 e. The summed E-state index contributed by atoms with van der Waals surface area (Å²) in [4.78, 5) is 4.85. The first-order valence-electron chi connectivity index (χ1n) is 27.4. The zero-order chi connectivity index (χ0) is 55.4. The molecule has 10 aromatic rings. The SMILES string of the molecule is [2H]c1c([2H])c([2H])c(-c2cccc(-c3c([2H])c([2H])c([2H])c([2H])c3[2H])c2-c2n[n+](-c3cc(C(C)(C)C)cc(C(C)(C)C)c3)[c-]n2-c2cccc(Oc3ccc4c5ccccc5n(-c5cc(C(C)(C)C)ccn5)c4c3)c2)c([2H])c1[2H]. The van der Waals surface area contributed by atoms with Crippen LogP contribution < -0.4 is 9.42 Å². The quantitative estimate of drug-likeness (QED) is 0.113. The average molecular weight is 886 g/mol. The lowest BCUT2D eigenvalue weighted by Crippen LogP contribution is -2.34. The molecule has 3 aromatic heterocycles. The van der Waals surface area contributed by atoms with Crippen molar-refractivity contribution < 1.29 is 23.1 Å². The van der Waals surface area contributed by atoms with Crippen molar-refractivity contribution in [2.75, 3.05) is 0 Å². The second-order valence-corrected chi connectivity index (χ2v) is 20.0. The number of hydrogen-bond acceptors (Lipinski definition) is 3. The Hall–Kier alpha value is -7.57. The Morgan fingerprint density at radius 1 is 0.552 bits per heavy atom. The Morgan fingerprint density at radius 2 is 1.15 bits per heavy atom. The van der Waals surface area contributed by atoms with Gasteiger partial charge in [-0.2, -0.15) is 4.68 Å². The van der Waals surface area contributed by atoms with E-state index in [1.807, 2.05) is 79.0 Å². The maximum atomic E-state index is 9.23. The van der Waals surface area contributed by atoms with Crippen molar-refractivity contribution in [3.8, 4) is 62.3 Å². The lowest BCUT2D eigenvalue weighted by Gasteiger charge is -2.26. The molecule has 0 amide bonds. The molecule has 3 heterocycles. The highest BCUT2D eigenvalue weighted by atomic mass is 16.5. The number of rotatable bonds is 8. The smallest absolute Gasteiger partial charge is 0.273 e. The summed E-state index contributed by atoms with van der Waals surface area (Å²) in [6, 6.07) is 31.2. The molecule has 0 aliphatic rings. The van der Waals surface area contributed by atoms with Crippen molar-refractivity contribution >= 4 is 21.8 Å². The van der Waals surface area contributed by atoms with Crippen molar-refractivity contribution in [2.24, 2.45) is 0 Å². The molecular formula is C61H57N5O. The van der Waals surface area contributed by atoms with Crippen molar-refractivity contribution in [3.63, 3.8) is 0 Å². The van der Waals surface area contributed by atoms with Crippen molar-refractivity contribution in [3.05, 3.63) is 205 Å². The predicted octanol–water partition coefficient (Wildman–Crippen LogP) is 15.1. The molecule has 10 rings (SSSR count). The van der Waals surface area contributed by atoms with Crippen LogP contribution in [0.4, 0.5) is 0 Å². The van der Waals surface area contributed by atoms with Crippen LogP contribution in [-0.2, 0) is 16.2 Å². The van der Waals surface area contributed by atoms with Gasteiger partial charge in [0.05, 0.1) is 36.1 Å². The number of ether oxygens (including phenoxy) is 1. The van der Waals surface area contributed by atoms with Crippen LogP contribution in [0, 0.1) is 6.33 Å². The highest BCUT2D eigenvalue weighted by Gasteiger charge is 2.26. The molecule has 332 valence electrons. The van der Waals surface area contributed by atoms with Gasteiger partial charge in [0.2, 0.25) is 0 Å². The van der Waals surface area contributed by atoms with Crippen LogP contribution in [0.25, 0.3) is 72.6 Å². The number of benzene rings is 7. The zero-order valence-corrected chi connectivity index (χ0v) is 39.2. The third-order valence-corrected chi connectivity index (χ3v) is 12.1. The maximum absolute atomic E-state index is 9.23. The van der Waals surface area contributed by atoms with Gasteiger partial charge in [0, 0.05) is 28.6 Å². The van der Waals surface area contributed by atoms with Crippen molar-refractivity contribution in [2.45, 2.75) is 78.6 Å².